The minimum absolute atomic E-state index is 0.299. The van der Waals surface area contributed by atoms with Crippen molar-refractivity contribution in [1.29, 1.82) is 0 Å². The Bertz CT molecular complexity index is 739. The first-order chi connectivity index (χ1) is 8.63. The number of H-pyrrole nitrogens is 1. The normalized spacial score (nSPS) is 11.1. The number of aromatic amines is 1. The van der Waals surface area contributed by atoms with Gasteiger partial charge in [0.25, 0.3) is 0 Å². The Labute approximate surface area is 116 Å². The molecule has 0 radical (unpaired) electrons. The van der Waals surface area contributed by atoms with E-state index >= 15 is 0 Å². The number of halogens is 3. The Kier molecular flexibility index (Phi) is 2.84. The summed E-state index contributed by atoms with van der Waals surface area (Å²) in [7, 11) is 0. The lowest BCUT2D eigenvalue weighted by atomic mass is 10.2. The maximum atomic E-state index is 13.3. The lowest BCUT2D eigenvalue weighted by Gasteiger charge is -2.00. The SMILES string of the molecule is Fc1ccc(Br)c(-c2nc3ccc(Cl)cc3[nH]2)c1. The number of fused-ring (bicyclic) bond motifs is 1. The summed E-state index contributed by atoms with van der Waals surface area (Å²) in [5, 5.41) is 0.635. The number of aromatic nitrogens is 2. The number of hydrogen-bond donors (Lipinski definition) is 1. The fourth-order valence-electron chi connectivity index (χ4n) is 1.79. The van der Waals surface area contributed by atoms with E-state index < -0.39 is 0 Å². The van der Waals surface area contributed by atoms with E-state index in [2.05, 4.69) is 25.9 Å². The van der Waals surface area contributed by atoms with Gasteiger partial charge < -0.3 is 4.98 Å². The fraction of sp³-hybridized carbons (Fsp3) is 0. The van der Waals surface area contributed by atoms with Crippen molar-refractivity contribution in [3.8, 4) is 11.4 Å². The van der Waals surface area contributed by atoms with Gasteiger partial charge in [0, 0.05) is 15.1 Å². The number of benzene rings is 2. The Balaban J connectivity index is 2.22. The lowest BCUT2D eigenvalue weighted by Crippen LogP contribution is -1.84. The number of nitrogens with zero attached hydrogens (tertiary/aromatic N) is 1. The summed E-state index contributed by atoms with van der Waals surface area (Å²) in [5.74, 6) is 0.310. The molecule has 0 aliphatic heterocycles. The molecule has 0 bridgehead atoms. The van der Waals surface area contributed by atoms with Gasteiger partial charge in [0.15, 0.2) is 0 Å². The minimum atomic E-state index is -0.299. The summed E-state index contributed by atoms with van der Waals surface area (Å²) in [4.78, 5) is 7.54. The van der Waals surface area contributed by atoms with Gasteiger partial charge >= 0.3 is 0 Å². The van der Waals surface area contributed by atoms with E-state index in [1.807, 2.05) is 6.07 Å². The third-order valence-electron chi connectivity index (χ3n) is 2.63. The van der Waals surface area contributed by atoms with Crippen molar-refractivity contribution in [2.75, 3.05) is 0 Å². The molecule has 0 atom stereocenters. The van der Waals surface area contributed by atoms with Crippen LogP contribution in [-0.2, 0) is 0 Å². The molecule has 1 N–H and O–H groups in total. The second-order valence-corrected chi connectivity index (χ2v) is 5.16. The van der Waals surface area contributed by atoms with E-state index in [-0.39, 0.29) is 5.82 Å². The molecule has 1 heterocycles. The summed E-state index contributed by atoms with van der Waals surface area (Å²) in [6.45, 7) is 0. The van der Waals surface area contributed by atoms with Crippen LogP contribution >= 0.6 is 27.5 Å². The van der Waals surface area contributed by atoms with Gasteiger partial charge in [-0.05, 0) is 36.4 Å². The Morgan fingerprint density at radius 2 is 2.00 bits per heavy atom. The van der Waals surface area contributed by atoms with E-state index in [1.54, 1.807) is 18.2 Å². The number of rotatable bonds is 1. The van der Waals surface area contributed by atoms with Crippen molar-refractivity contribution >= 4 is 38.6 Å². The molecule has 0 saturated heterocycles. The van der Waals surface area contributed by atoms with Crippen LogP contribution in [0.5, 0.6) is 0 Å². The van der Waals surface area contributed by atoms with Gasteiger partial charge in [-0.3, -0.25) is 0 Å². The monoisotopic (exact) mass is 324 g/mol. The van der Waals surface area contributed by atoms with E-state index in [9.17, 15) is 4.39 Å². The number of imidazole rings is 1. The quantitative estimate of drug-likeness (QED) is 0.685. The molecule has 0 unspecified atom stereocenters. The highest BCUT2D eigenvalue weighted by atomic mass is 79.9. The summed E-state index contributed by atoms with van der Waals surface area (Å²) < 4.78 is 14.1. The van der Waals surface area contributed by atoms with E-state index in [4.69, 9.17) is 11.6 Å². The van der Waals surface area contributed by atoms with Crippen LogP contribution in [0.4, 0.5) is 4.39 Å². The summed E-state index contributed by atoms with van der Waals surface area (Å²) in [6, 6.07) is 9.88. The van der Waals surface area contributed by atoms with Crippen LogP contribution in [0.25, 0.3) is 22.4 Å². The highest BCUT2D eigenvalue weighted by Gasteiger charge is 2.10. The summed E-state index contributed by atoms with van der Waals surface area (Å²) in [6.07, 6.45) is 0. The molecule has 0 fully saturated rings. The highest BCUT2D eigenvalue weighted by Crippen LogP contribution is 2.29. The summed E-state index contributed by atoms with van der Waals surface area (Å²) >= 11 is 9.30. The molecule has 0 amide bonds. The number of nitrogens with one attached hydrogen (secondary N) is 1. The highest BCUT2D eigenvalue weighted by molar-refractivity contribution is 9.10. The molecule has 18 heavy (non-hydrogen) atoms. The molecular weight excluding hydrogens is 319 g/mol. The standard InChI is InChI=1S/C13H7BrClFN2/c14-10-3-2-8(16)6-9(10)13-17-11-4-1-7(15)5-12(11)18-13/h1-6H,(H,17,18). The van der Waals surface area contributed by atoms with Gasteiger partial charge in [0.1, 0.15) is 11.6 Å². The topological polar surface area (TPSA) is 28.7 Å². The van der Waals surface area contributed by atoms with E-state index in [0.29, 0.717) is 16.4 Å². The molecule has 0 aliphatic carbocycles. The van der Waals surface area contributed by atoms with Gasteiger partial charge in [0.2, 0.25) is 0 Å². The Hall–Kier alpha value is -1.39. The van der Waals surface area contributed by atoms with E-state index in [1.165, 1.54) is 12.1 Å². The molecule has 2 aromatic carbocycles. The van der Waals surface area contributed by atoms with Crippen molar-refractivity contribution < 1.29 is 4.39 Å². The zero-order valence-electron chi connectivity index (χ0n) is 9.05. The fourth-order valence-corrected chi connectivity index (χ4v) is 2.39. The molecular formula is C13H7BrClFN2. The molecule has 90 valence electrons. The summed E-state index contributed by atoms with van der Waals surface area (Å²) in [5.41, 5.74) is 2.31. The van der Waals surface area contributed by atoms with Crippen LogP contribution in [0.3, 0.4) is 0 Å². The molecule has 0 spiro atoms. The first-order valence-corrected chi connectivity index (χ1v) is 6.41. The maximum Gasteiger partial charge on any atom is 0.139 e. The third kappa shape index (κ3) is 2.02. The number of hydrogen-bond acceptors (Lipinski definition) is 1. The van der Waals surface area contributed by atoms with Crippen molar-refractivity contribution in [1.82, 2.24) is 9.97 Å². The van der Waals surface area contributed by atoms with Gasteiger partial charge in [-0.25, -0.2) is 9.37 Å². The van der Waals surface area contributed by atoms with Crippen molar-refractivity contribution in [3.05, 3.63) is 51.7 Å². The molecule has 3 rings (SSSR count). The first-order valence-electron chi connectivity index (χ1n) is 5.24. The van der Waals surface area contributed by atoms with Gasteiger partial charge in [-0.2, -0.15) is 0 Å². The predicted molar refractivity (Wildman–Crippen MR) is 74.2 cm³/mol. The average Bonchev–Trinajstić information content (AvgIpc) is 2.74. The Morgan fingerprint density at radius 1 is 1.17 bits per heavy atom. The zero-order valence-corrected chi connectivity index (χ0v) is 11.4. The lowest BCUT2D eigenvalue weighted by molar-refractivity contribution is 0.628. The van der Waals surface area contributed by atoms with Crippen LogP contribution < -0.4 is 0 Å². The molecule has 5 heteroatoms. The largest absolute Gasteiger partial charge is 0.338 e. The second-order valence-electron chi connectivity index (χ2n) is 3.87. The van der Waals surface area contributed by atoms with E-state index in [0.717, 1.165) is 15.5 Å². The van der Waals surface area contributed by atoms with Crippen LogP contribution in [0.2, 0.25) is 5.02 Å². The van der Waals surface area contributed by atoms with Crippen LogP contribution in [0.15, 0.2) is 40.9 Å². The zero-order chi connectivity index (χ0) is 12.7. The van der Waals surface area contributed by atoms with Crippen LogP contribution in [0.1, 0.15) is 0 Å². The molecule has 0 aliphatic rings. The minimum Gasteiger partial charge on any atom is -0.338 e. The van der Waals surface area contributed by atoms with Crippen LogP contribution in [-0.4, -0.2) is 9.97 Å². The molecule has 1 aromatic heterocycles. The van der Waals surface area contributed by atoms with Crippen molar-refractivity contribution in [2.45, 2.75) is 0 Å². The maximum absolute atomic E-state index is 13.3. The Morgan fingerprint density at radius 3 is 2.83 bits per heavy atom. The second kappa shape index (κ2) is 4.37. The molecule has 0 saturated carbocycles. The predicted octanol–water partition coefficient (Wildman–Crippen LogP) is 4.78. The van der Waals surface area contributed by atoms with Gasteiger partial charge in [0.05, 0.1) is 11.0 Å². The van der Waals surface area contributed by atoms with Gasteiger partial charge in [-0.1, -0.05) is 27.5 Å². The smallest absolute Gasteiger partial charge is 0.139 e. The van der Waals surface area contributed by atoms with Crippen molar-refractivity contribution in [2.24, 2.45) is 0 Å². The third-order valence-corrected chi connectivity index (χ3v) is 3.55. The molecule has 3 aromatic rings. The van der Waals surface area contributed by atoms with Crippen LogP contribution in [0, 0.1) is 5.82 Å². The van der Waals surface area contributed by atoms with Crippen molar-refractivity contribution in [3.63, 3.8) is 0 Å². The average molecular weight is 326 g/mol. The van der Waals surface area contributed by atoms with Gasteiger partial charge in [-0.15, -0.1) is 0 Å². The molecule has 2 nitrogen and oxygen atoms in total. The first kappa shape index (κ1) is 11.7.